The van der Waals surface area contributed by atoms with Crippen LogP contribution in [0.3, 0.4) is 0 Å². The predicted octanol–water partition coefficient (Wildman–Crippen LogP) is 1.76. The Morgan fingerprint density at radius 3 is 2.63 bits per heavy atom. The maximum absolute atomic E-state index is 13.3. The number of rotatable bonds is 2. The molecule has 27 heavy (non-hydrogen) atoms. The van der Waals surface area contributed by atoms with Gasteiger partial charge in [-0.2, -0.15) is 0 Å². The number of Topliss-reactive ketones (excluding diaryl/α,β-unsaturated/α-hetero) is 1. The highest BCUT2D eigenvalue weighted by molar-refractivity contribution is 6.02. The molecule has 2 saturated carbocycles. The maximum atomic E-state index is 13.3. The lowest BCUT2D eigenvalue weighted by Crippen LogP contribution is -2.46. The molecular weight excluding hydrogens is 340 g/mol. The van der Waals surface area contributed by atoms with Crippen LogP contribution in [-0.4, -0.2) is 41.8 Å². The fourth-order valence-electron chi connectivity index (χ4n) is 5.90. The molecule has 7 atom stereocenters. The minimum Gasteiger partial charge on any atom is -0.510 e. The number of nitrogens with zero attached hydrogens (tertiary/aromatic N) is 1. The second-order valence-electron chi connectivity index (χ2n) is 8.67. The third-order valence-corrected chi connectivity index (χ3v) is 7.05. The van der Waals surface area contributed by atoms with Crippen molar-refractivity contribution in [3.05, 3.63) is 59.6 Å². The van der Waals surface area contributed by atoms with E-state index in [1.165, 1.54) is 0 Å². The van der Waals surface area contributed by atoms with Crippen molar-refractivity contribution >= 4 is 11.7 Å². The maximum Gasteiger partial charge on any atom is 0.252 e. The molecule has 3 N–H and O–H groups in total. The summed E-state index contributed by atoms with van der Waals surface area (Å²) in [7, 11) is 3.75. The van der Waals surface area contributed by atoms with Crippen LogP contribution < -0.4 is 5.73 Å². The zero-order valence-corrected chi connectivity index (χ0v) is 15.5. The van der Waals surface area contributed by atoms with E-state index in [2.05, 4.69) is 25.0 Å². The topological polar surface area (TPSA) is 83.6 Å². The number of amides is 1. The number of hydrogen-bond donors (Lipinski definition) is 2. The van der Waals surface area contributed by atoms with Crippen molar-refractivity contribution in [2.75, 3.05) is 14.1 Å². The number of carbonyl (C=O) groups is 2. The quantitative estimate of drug-likeness (QED) is 0.732. The average Bonchev–Trinajstić information content (AvgIpc) is 3.21. The molecule has 1 amide bonds. The van der Waals surface area contributed by atoms with E-state index in [1.807, 2.05) is 25.1 Å². The van der Waals surface area contributed by atoms with Crippen LogP contribution in [-0.2, 0) is 9.59 Å². The van der Waals surface area contributed by atoms with E-state index in [1.54, 1.807) is 6.08 Å². The Morgan fingerprint density at radius 2 is 1.93 bits per heavy atom. The van der Waals surface area contributed by atoms with Gasteiger partial charge in [0.2, 0.25) is 0 Å². The number of fused-ring (bicyclic) bond motifs is 7. The van der Waals surface area contributed by atoms with Crippen LogP contribution in [0.15, 0.2) is 46.8 Å². The molecule has 2 bridgehead atoms. The van der Waals surface area contributed by atoms with Crippen LogP contribution in [0.2, 0.25) is 0 Å². The van der Waals surface area contributed by atoms with Gasteiger partial charge in [-0.3, -0.25) is 14.5 Å². The fraction of sp³-hybridized carbons (Fsp3) is 0.455. The van der Waals surface area contributed by atoms with Crippen LogP contribution >= 0.6 is 0 Å². The van der Waals surface area contributed by atoms with E-state index >= 15 is 0 Å². The molecule has 0 aromatic heterocycles. The molecule has 6 unspecified atom stereocenters. The Hall–Kier alpha value is -2.14. The molecule has 0 aromatic carbocycles. The molecule has 5 aliphatic rings. The molecule has 5 aliphatic carbocycles. The molecule has 5 nitrogen and oxygen atoms in total. The Labute approximate surface area is 159 Å². The zero-order valence-electron chi connectivity index (χ0n) is 15.5. The highest BCUT2D eigenvalue weighted by Gasteiger charge is 2.54. The molecule has 5 heteroatoms. The highest BCUT2D eigenvalue weighted by atomic mass is 16.3. The summed E-state index contributed by atoms with van der Waals surface area (Å²) in [6.45, 7) is 0. The SMILES string of the molecule is CN(C)[C@@H]1C(O)=C(C(N)=O)C=C2C=C3C(=O)C4C5C=CC(C5)C4[CH]C3[CH]C21. The van der Waals surface area contributed by atoms with Crippen LogP contribution in [0, 0.1) is 48.3 Å². The van der Waals surface area contributed by atoms with Gasteiger partial charge in [0.15, 0.2) is 5.78 Å². The molecule has 0 saturated heterocycles. The van der Waals surface area contributed by atoms with Gasteiger partial charge in [-0.1, -0.05) is 18.2 Å². The van der Waals surface area contributed by atoms with Crippen molar-refractivity contribution in [1.29, 1.82) is 0 Å². The summed E-state index contributed by atoms with van der Waals surface area (Å²) in [6, 6.07) is -0.355. The number of likely N-dealkylation sites (N-methyl/N-ethyl adjacent to an activating group) is 1. The smallest absolute Gasteiger partial charge is 0.252 e. The van der Waals surface area contributed by atoms with Gasteiger partial charge in [-0.25, -0.2) is 0 Å². The standard InChI is InChI=1S/C22H24N2O3/c1-24(2)19-15-7-13-6-14-10-3-4-11(5-10)18(14)20(25)16(13)8-12(15)9-17(21(19)26)22(23)27/h3-4,6-11,13-15,18-19,26H,5H2,1-2H3,(H2,23,27)/t10?,11?,13?,14?,15?,18?,19-/m0/s1. The minimum atomic E-state index is -0.648. The van der Waals surface area contributed by atoms with Crippen molar-refractivity contribution in [2.45, 2.75) is 12.5 Å². The van der Waals surface area contributed by atoms with Crippen molar-refractivity contribution < 1.29 is 14.7 Å². The fourth-order valence-corrected chi connectivity index (χ4v) is 5.90. The van der Waals surface area contributed by atoms with Gasteiger partial charge in [0, 0.05) is 11.8 Å². The lowest BCUT2D eigenvalue weighted by atomic mass is 9.60. The first-order chi connectivity index (χ1) is 12.9. The molecule has 0 heterocycles. The van der Waals surface area contributed by atoms with Crippen LogP contribution in [0.25, 0.3) is 0 Å². The number of aliphatic hydroxyl groups excluding tert-OH is 1. The summed E-state index contributed by atoms with van der Waals surface area (Å²) in [5.74, 6) is 0.781. The monoisotopic (exact) mass is 364 g/mol. The van der Waals surface area contributed by atoms with Crippen molar-refractivity contribution in [2.24, 2.45) is 41.2 Å². The summed E-state index contributed by atoms with van der Waals surface area (Å²) in [5.41, 5.74) is 7.32. The average molecular weight is 364 g/mol. The van der Waals surface area contributed by atoms with Gasteiger partial charge in [-0.05, 0) is 74.3 Å². The van der Waals surface area contributed by atoms with Crippen LogP contribution in [0.5, 0.6) is 0 Å². The number of allylic oxidation sites excluding steroid dienone is 4. The molecule has 5 rings (SSSR count). The number of primary amides is 1. The molecule has 2 fully saturated rings. The normalized spacial score (nSPS) is 41.9. The van der Waals surface area contributed by atoms with Gasteiger partial charge in [0.05, 0.1) is 11.6 Å². The minimum absolute atomic E-state index is 0.000900. The third-order valence-electron chi connectivity index (χ3n) is 7.05. The van der Waals surface area contributed by atoms with Crippen LogP contribution in [0.1, 0.15) is 6.42 Å². The predicted molar refractivity (Wildman–Crippen MR) is 101 cm³/mol. The summed E-state index contributed by atoms with van der Waals surface area (Å²) in [6.07, 6.45) is 13.7. The first-order valence-corrected chi connectivity index (χ1v) is 9.62. The van der Waals surface area contributed by atoms with E-state index < -0.39 is 5.91 Å². The van der Waals surface area contributed by atoms with Crippen molar-refractivity contribution in [1.82, 2.24) is 4.90 Å². The van der Waals surface area contributed by atoms with Crippen molar-refractivity contribution in [3.8, 4) is 0 Å². The lowest BCUT2D eigenvalue weighted by Gasteiger charge is -2.45. The largest absolute Gasteiger partial charge is 0.510 e. The highest BCUT2D eigenvalue weighted by Crippen LogP contribution is 2.57. The Balaban J connectivity index is 1.57. The summed E-state index contributed by atoms with van der Waals surface area (Å²) < 4.78 is 0. The number of carbonyl (C=O) groups excluding carboxylic acids is 2. The Bertz CT molecular complexity index is 863. The zero-order chi connectivity index (χ0) is 19.0. The summed E-state index contributed by atoms with van der Waals surface area (Å²) in [4.78, 5) is 27.0. The molecule has 140 valence electrons. The molecule has 0 spiro atoms. The summed E-state index contributed by atoms with van der Waals surface area (Å²) in [5, 5.41) is 10.7. The van der Waals surface area contributed by atoms with Gasteiger partial charge in [0.1, 0.15) is 5.76 Å². The van der Waals surface area contributed by atoms with E-state index in [4.69, 9.17) is 5.73 Å². The second kappa shape index (κ2) is 5.68. The Kier molecular flexibility index (Phi) is 3.57. The molecule has 0 aliphatic heterocycles. The second-order valence-corrected chi connectivity index (χ2v) is 8.67. The summed E-state index contributed by atoms with van der Waals surface area (Å²) >= 11 is 0. The number of nitrogens with two attached hydrogens (primary N) is 1. The number of aliphatic hydroxyl groups is 1. The molecule has 0 aromatic rings. The Morgan fingerprint density at radius 1 is 1.19 bits per heavy atom. The lowest BCUT2D eigenvalue weighted by molar-refractivity contribution is -0.122. The van der Waals surface area contributed by atoms with Gasteiger partial charge >= 0.3 is 0 Å². The first kappa shape index (κ1) is 17.0. The number of hydrogen-bond acceptors (Lipinski definition) is 4. The van der Waals surface area contributed by atoms with Crippen molar-refractivity contribution in [3.63, 3.8) is 0 Å². The molecular formula is C22H24N2O3. The van der Waals surface area contributed by atoms with Gasteiger partial charge in [-0.15, -0.1) is 0 Å². The van der Waals surface area contributed by atoms with E-state index in [0.29, 0.717) is 17.8 Å². The molecule has 2 radical (unpaired) electrons. The van der Waals surface area contributed by atoms with E-state index in [-0.39, 0.29) is 40.9 Å². The van der Waals surface area contributed by atoms with Crippen LogP contribution in [0.4, 0.5) is 0 Å². The van der Waals surface area contributed by atoms with Gasteiger partial charge in [0.25, 0.3) is 5.91 Å². The van der Waals surface area contributed by atoms with Gasteiger partial charge < -0.3 is 10.8 Å². The first-order valence-electron chi connectivity index (χ1n) is 9.62. The van der Waals surface area contributed by atoms with E-state index in [9.17, 15) is 14.7 Å². The van der Waals surface area contributed by atoms with E-state index in [0.717, 1.165) is 17.6 Å². The number of ketones is 1. The third kappa shape index (κ3) is 2.27.